The van der Waals surface area contributed by atoms with Crippen molar-refractivity contribution in [1.82, 2.24) is 9.97 Å². The summed E-state index contributed by atoms with van der Waals surface area (Å²) in [7, 11) is 0. The predicted molar refractivity (Wildman–Crippen MR) is 64.0 cm³/mol. The summed E-state index contributed by atoms with van der Waals surface area (Å²) in [5, 5.41) is 0.648. The number of thioether (sulfide) groups is 1. The van der Waals surface area contributed by atoms with Crippen molar-refractivity contribution in [1.29, 1.82) is 0 Å². The number of hydrazine groups is 1. The van der Waals surface area contributed by atoms with E-state index in [1.165, 1.54) is 0 Å². The Bertz CT molecular complexity index is 332. The summed E-state index contributed by atoms with van der Waals surface area (Å²) in [4.78, 5) is 10.7. The van der Waals surface area contributed by atoms with E-state index in [0.717, 1.165) is 24.7 Å². The van der Waals surface area contributed by atoms with Gasteiger partial charge in [0.1, 0.15) is 5.82 Å². The predicted octanol–water partition coefficient (Wildman–Crippen LogP) is 0.704. The van der Waals surface area contributed by atoms with Crippen LogP contribution in [0.3, 0.4) is 0 Å². The summed E-state index contributed by atoms with van der Waals surface area (Å²) in [6, 6.07) is 0. The highest BCUT2D eigenvalue weighted by Crippen LogP contribution is 2.22. The van der Waals surface area contributed by atoms with Gasteiger partial charge in [0.05, 0.1) is 12.4 Å². The maximum absolute atomic E-state index is 5.30. The van der Waals surface area contributed by atoms with Gasteiger partial charge in [-0.05, 0) is 0 Å². The molecule has 0 spiro atoms. The molecule has 0 radical (unpaired) electrons. The van der Waals surface area contributed by atoms with Crippen LogP contribution in [0, 0.1) is 0 Å². The molecule has 0 amide bonds. The number of nitrogens with two attached hydrogens (primary N) is 1. The molecule has 82 valence electrons. The second-order valence-electron chi connectivity index (χ2n) is 3.53. The first-order chi connectivity index (χ1) is 7.29. The van der Waals surface area contributed by atoms with Crippen molar-refractivity contribution in [2.45, 2.75) is 12.2 Å². The van der Waals surface area contributed by atoms with Gasteiger partial charge in [0.25, 0.3) is 0 Å². The third-order valence-electron chi connectivity index (χ3n) is 2.33. The summed E-state index contributed by atoms with van der Waals surface area (Å²) < 4.78 is 0. The van der Waals surface area contributed by atoms with Gasteiger partial charge in [-0.25, -0.2) is 10.8 Å². The lowest BCUT2D eigenvalue weighted by Gasteiger charge is -2.31. The Morgan fingerprint density at radius 2 is 2.47 bits per heavy atom. The van der Waals surface area contributed by atoms with Gasteiger partial charge >= 0.3 is 0 Å². The Hall–Kier alpha value is -1.01. The van der Waals surface area contributed by atoms with Gasteiger partial charge in [0, 0.05) is 24.1 Å². The quantitative estimate of drug-likeness (QED) is 0.570. The molecule has 1 aliphatic rings. The van der Waals surface area contributed by atoms with E-state index in [9.17, 15) is 0 Å². The molecule has 1 unspecified atom stereocenters. The zero-order valence-electron chi connectivity index (χ0n) is 8.68. The highest BCUT2D eigenvalue weighted by molar-refractivity contribution is 8.00. The Labute approximate surface area is 93.4 Å². The number of aromatic nitrogens is 2. The fourth-order valence-electron chi connectivity index (χ4n) is 1.60. The summed E-state index contributed by atoms with van der Waals surface area (Å²) >= 11 is 2.00. The lowest BCUT2D eigenvalue weighted by Crippen LogP contribution is -2.37. The summed E-state index contributed by atoms with van der Waals surface area (Å²) in [5.41, 5.74) is 2.51. The van der Waals surface area contributed by atoms with Gasteiger partial charge in [0.2, 0.25) is 0 Å². The molecule has 0 saturated carbocycles. The molecule has 0 aliphatic carbocycles. The van der Waals surface area contributed by atoms with Crippen molar-refractivity contribution in [3.05, 3.63) is 12.4 Å². The van der Waals surface area contributed by atoms with Crippen LogP contribution in [-0.2, 0) is 0 Å². The second kappa shape index (κ2) is 4.67. The minimum Gasteiger partial charge on any atom is -0.353 e. The largest absolute Gasteiger partial charge is 0.353 e. The Balaban J connectivity index is 2.13. The van der Waals surface area contributed by atoms with Crippen molar-refractivity contribution in [2.75, 3.05) is 29.2 Å². The number of anilines is 2. The van der Waals surface area contributed by atoms with E-state index >= 15 is 0 Å². The smallest absolute Gasteiger partial charge is 0.160 e. The number of hydrogen-bond acceptors (Lipinski definition) is 6. The molecule has 15 heavy (non-hydrogen) atoms. The number of rotatable bonds is 2. The SMILES string of the molecule is CC1CN(c2cncc(NN)n2)CCS1. The van der Waals surface area contributed by atoms with Crippen LogP contribution in [0.1, 0.15) is 6.92 Å². The zero-order chi connectivity index (χ0) is 10.7. The van der Waals surface area contributed by atoms with Crippen LogP contribution in [-0.4, -0.2) is 34.1 Å². The Morgan fingerprint density at radius 1 is 1.60 bits per heavy atom. The molecule has 0 aromatic carbocycles. The lowest BCUT2D eigenvalue weighted by atomic mass is 10.4. The van der Waals surface area contributed by atoms with E-state index in [4.69, 9.17) is 5.84 Å². The first-order valence-electron chi connectivity index (χ1n) is 4.95. The highest BCUT2D eigenvalue weighted by Gasteiger charge is 2.18. The molecule has 1 aromatic heterocycles. The minimum absolute atomic E-state index is 0.610. The van der Waals surface area contributed by atoms with Crippen LogP contribution in [0.2, 0.25) is 0 Å². The fourth-order valence-corrected chi connectivity index (χ4v) is 2.62. The van der Waals surface area contributed by atoms with Gasteiger partial charge in [-0.1, -0.05) is 6.92 Å². The van der Waals surface area contributed by atoms with Gasteiger partial charge in [-0.15, -0.1) is 0 Å². The maximum Gasteiger partial charge on any atom is 0.160 e. The number of nitrogens with zero attached hydrogens (tertiary/aromatic N) is 3. The van der Waals surface area contributed by atoms with Crippen LogP contribution >= 0.6 is 11.8 Å². The molecular formula is C9H15N5S. The van der Waals surface area contributed by atoms with Gasteiger partial charge in [0.15, 0.2) is 5.82 Å². The van der Waals surface area contributed by atoms with Crippen molar-refractivity contribution >= 4 is 23.4 Å². The van der Waals surface area contributed by atoms with E-state index in [2.05, 4.69) is 27.2 Å². The van der Waals surface area contributed by atoms with E-state index in [1.807, 2.05) is 11.8 Å². The standard InChI is InChI=1S/C9H15N5S/c1-7-6-14(2-3-15-7)9-5-11-4-8(12-9)13-10/h4-5,7H,2-3,6,10H2,1H3,(H,12,13). The topological polar surface area (TPSA) is 67.1 Å². The number of nitrogen functional groups attached to an aromatic ring is 1. The summed E-state index contributed by atoms with van der Waals surface area (Å²) in [5.74, 6) is 7.95. The van der Waals surface area contributed by atoms with Crippen LogP contribution < -0.4 is 16.2 Å². The molecular weight excluding hydrogens is 210 g/mol. The van der Waals surface area contributed by atoms with E-state index < -0.39 is 0 Å². The normalized spacial score (nSPS) is 21.5. The second-order valence-corrected chi connectivity index (χ2v) is 5.08. The zero-order valence-corrected chi connectivity index (χ0v) is 9.50. The molecule has 1 aromatic rings. The minimum atomic E-state index is 0.610. The van der Waals surface area contributed by atoms with Crippen LogP contribution in [0.4, 0.5) is 11.6 Å². The third-order valence-corrected chi connectivity index (χ3v) is 3.47. The van der Waals surface area contributed by atoms with E-state index in [-0.39, 0.29) is 0 Å². The van der Waals surface area contributed by atoms with Crippen molar-refractivity contribution in [3.63, 3.8) is 0 Å². The number of hydrogen-bond donors (Lipinski definition) is 2. The molecule has 6 heteroatoms. The molecule has 1 fully saturated rings. The number of nitrogens with one attached hydrogen (secondary N) is 1. The fraction of sp³-hybridized carbons (Fsp3) is 0.556. The summed E-state index contributed by atoms with van der Waals surface area (Å²) in [6.45, 7) is 4.28. The first-order valence-corrected chi connectivity index (χ1v) is 5.99. The van der Waals surface area contributed by atoms with Crippen LogP contribution in [0.25, 0.3) is 0 Å². The highest BCUT2D eigenvalue weighted by atomic mass is 32.2. The molecule has 1 aliphatic heterocycles. The van der Waals surface area contributed by atoms with Crippen molar-refractivity contribution < 1.29 is 0 Å². The summed E-state index contributed by atoms with van der Waals surface area (Å²) in [6.07, 6.45) is 3.40. The van der Waals surface area contributed by atoms with Crippen molar-refractivity contribution in [2.24, 2.45) is 5.84 Å². The molecule has 5 nitrogen and oxygen atoms in total. The van der Waals surface area contributed by atoms with E-state index in [1.54, 1.807) is 12.4 Å². The molecule has 0 bridgehead atoms. The average molecular weight is 225 g/mol. The average Bonchev–Trinajstić information content (AvgIpc) is 2.29. The Morgan fingerprint density at radius 3 is 3.20 bits per heavy atom. The monoisotopic (exact) mass is 225 g/mol. The van der Waals surface area contributed by atoms with Crippen molar-refractivity contribution in [3.8, 4) is 0 Å². The molecule has 2 heterocycles. The molecule has 1 atom stereocenters. The van der Waals surface area contributed by atoms with E-state index in [0.29, 0.717) is 11.1 Å². The van der Waals surface area contributed by atoms with Gasteiger partial charge in [-0.3, -0.25) is 4.98 Å². The van der Waals surface area contributed by atoms with Gasteiger partial charge < -0.3 is 10.3 Å². The molecule has 3 N–H and O–H groups in total. The van der Waals surface area contributed by atoms with Crippen LogP contribution in [0.5, 0.6) is 0 Å². The first kappa shape index (κ1) is 10.5. The maximum atomic E-state index is 5.30. The lowest BCUT2D eigenvalue weighted by molar-refractivity contribution is 0.767. The third kappa shape index (κ3) is 2.51. The van der Waals surface area contributed by atoms with Crippen LogP contribution in [0.15, 0.2) is 12.4 Å². The Kier molecular flexibility index (Phi) is 3.27. The molecule has 2 rings (SSSR count). The van der Waals surface area contributed by atoms with Gasteiger partial charge in [-0.2, -0.15) is 11.8 Å². The molecule has 1 saturated heterocycles.